The average Bonchev–Trinajstić information content (AvgIpc) is 2.71. The zero-order valence-corrected chi connectivity index (χ0v) is 11.2. The highest BCUT2D eigenvalue weighted by Gasteiger charge is 2.54. The molecule has 1 saturated carbocycles. The fourth-order valence-electron chi connectivity index (χ4n) is 4.56. The maximum absolute atomic E-state index is 6.40. The first-order valence-corrected chi connectivity index (χ1v) is 7.07. The van der Waals surface area contributed by atoms with Crippen LogP contribution in [-0.2, 0) is 0 Å². The van der Waals surface area contributed by atoms with Crippen LogP contribution in [0.4, 0.5) is 0 Å². The lowest BCUT2D eigenvalue weighted by Gasteiger charge is -2.37. The molecule has 16 heavy (non-hydrogen) atoms. The Morgan fingerprint density at radius 3 is 2.69 bits per heavy atom. The maximum atomic E-state index is 6.40. The zero-order chi connectivity index (χ0) is 11.3. The first kappa shape index (κ1) is 11.3. The zero-order valence-electron chi connectivity index (χ0n) is 10.5. The molecule has 0 bridgehead atoms. The molecule has 2 heterocycles. The summed E-state index contributed by atoms with van der Waals surface area (Å²) >= 11 is 6.40. The number of likely N-dealkylation sites (tertiary alicyclic amines) is 2. The second-order valence-electron chi connectivity index (χ2n) is 6.35. The van der Waals surface area contributed by atoms with Gasteiger partial charge in [-0.2, -0.15) is 0 Å². The Morgan fingerprint density at radius 2 is 2.00 bits per heavy atom. The Bertz CT molecular complexity index is 283. The molecule has 4 atom stereocenters. The van der Waals surface area contributed by atoms with Gasteiger partial charge in [0.25, 0.3) is 0 Å². The summed E-state index contributed by atoms with van der Waals surface area (Å²) in [7, 11) is 4.59. The molecule has 0 amide bonds. The summed E-state index contributed by atoms with van der Waals surface area (Å²) in [5.74, 6) is 0.860. The fraction of sp³-hybridized carbons (Fsp3) is 1.00. The van der Waals surface area contributed by atoms with Crippen LogP contribution in [0.1, 0.15) is 25.7 Å². The molecule has 1 aliphatic carbocycles. The third kappa shape index (κ3) is 1.61. The van der Waals surface area contributed by atoms with Crippen LogP contribution in [0.25, 0.3) is 0 Å². The molecule has 92 valence electrons. The van der Waals surface area contributed by atoms with Crippen LogP contribution in [-0.4, -0.2) is 54.9 Å². The predicted molar refractivity (Wildman–Crippen MR) is 67.9 cm³/mol. The fourth-order valence-corrected chi connectivity index (χ4v) is 4.88. The van der Waals surface area contributed by atoms with Crippen molar-refractivity contribution in [2.75, 3.05) is 33.7 Å². The highest BCUT2D eigenvalue weighted by molar-refractivity contribution is 6.20. The molecule has 0 aromatic rings. The smallest absolute Gasteiger partial charge is 0.0340 e. The Morgan fingerprint density at radius 1 is 1.19 bits per heavy atom. The summed E-state index contributed by atoms with van der Waals surface area (Å²) in [6, 6.07) is 0.821. The van der Waals surface area contributed by atoms with Crippen molar-refractivity contribution in [3.8, 4) is 0 Å². The van der Waals surface area contributed by atoms with Crippen LogP contribution in [0.3, 0.4) is 0 Å². The van der Waals surface area contributed by atoms with Gasteiger partial charge in [-0.1, -0.05) is 0 Å². The second kappa shape index (κ2) is 3.86. The number of rotatable bonds is 0. The van der Waals surface area contributed by atoms with E-state index in [-0.39, 0.29) is 0 Å². The molecule has 4 unspecified atom stereocenters. The second-order valence-corrected chi connectivity index (χ2v) is 6.97. The molecule has 1 spiro atoms. The van der Waals surface area contributed by atoms with Crippen molar-refractivity contribution in [3.05, 3.63) is 0 Å². The Kier molecular flexibility index (Phi) is 2.73. The third-order valence-electron chi connectivity index (χ3n) is 5.24. The van der Waals surface area contributed by atoms with E-state index in [1.807, 2.05) is 0 Å². The molecule has 2 aliphatic heterocycles. The van der Waals surface area contributed by atoms with Gasteiger partial charge in [0.15, 0.2) is 0 Å². The molecule has 2 saturated heterocycles. The van der Waals surface area contributed by atoms with Gasteiger partial charge in [0.2, 0.25) is 0 Å². The number of hydrogen-bond acceptors (Lipinski definition) is 2. The summed E-state index contributed by atoms with van der Waals surface area (Å²) in [6.45, 7) is 3.88. The number of halogens is 1. The van der Waals surface area contributed by atoms with Gasteiger partial charge in [0, 0.05) is 29.9 Å². The highest BCUT2D eigenvalue weighted by Crippen LogP contribution is 2.52. The molecule has 3 aliphatic rings. The van der Waals surface area contributed by atoms with Crippen LogP contribution in [0.15, 0.2) is 0 Å². The average molecular weight is 243 g/mol. The van der Waals surface area contributed by atoms with Gasteiger partial charge in [-0.15, -0.1) is 11.6 Å². The lowest BCUT2D eigenvalue weighted by atomic mass is 9.69. The first-order valence-electron chi connectivity index (χ1n) is 6.64. The van der Waals surface area contributed by atoms with Gasteiger partial charge in [-0.05, 0) is 52.2 Å². The summed E-state index contributed by atoms with van der Waals surface area (Å²) < 4.78 is 0. The minimum Gasteiger partial charge on any atom is -0.306 e. The van der Waals surface area contributed by atoms with Crippen molar-refractivity contribution in [1.82, 2.24) is 9.80 Å². The Balaban J connectivity index is 1.85. The lowest BCUT2D eigenvalue weighted by molar-refractivity contribution is 0.165. The van der Waals surface area contributed by atoms with E-state index in [0.717, 1.165) is 12.0 Å². The number of fused-ring (bicyclic) bond motifs is 2. The van der Waals surface area contributed by atoms with Gasteiger partial charge in [-0.25, -0.2) is 0 Å². The molecule has 3 rings (SSSR count). The summed E-state index contributed by atoms with van der Waals surface area (Å²) in [6.07, 6.45) is 5.18. The van der Waals surface area contributed by atoms with Crippen molar-refractivity contribution in [3.63, 3.8) is 0 Å². The van der Waals surface area contributed by atoms with Crippen molar-refractivity contribution in [2.45, 2.75) is 37.1 Å². The number of alkyl halides is 1. The Hall–Kier alpha value is 0.210. The maximum Gasteiger partial charge on any atom is 0.0340 e. The van der Waals surface area contributed by atoms with Crippen molar-refractivity contribution in [2.24, 2.45) is 11.3 Å². The molecule has 0 N–H and O–H groups in total. The van der Waals surface area contributed by atoms with Crippen molar-refractivity contribution < 1.29 is 0 Å². The standard InChI is InChI=1S/C13H23ClN2/c1-15-6-5-13(8-15)9-16(2)12-4-3-10(14)7-11(12)13/h10-12H,3-9H2,1-2H3. The van der Waals surface area contributed by atoms with Crippen LogP contribution < -0.4 is 0 Å². The summed E-state index contributed by atoms with van der Waals surface area (Å²) in [5.41, 5.74) is 0.571. The molecule has 2 nitrogen and oxygen atoms in total. The molecule has 0 aromatic carbocycles. The van der Waals surface area contributed by atoms with E-state index in [2.05, 4.69) is 23.9 Å². The molecule has 3 heteroatoms. The van der Waals surface area contributed by atoms with Crippen LogP contribution in [0.2, 0.25) is 0 Å². The van der Waals surface area contributed by atoms with E-state index in [1.165, 1.54) is 45.3 Å². The van der Waals surface area contributed by atoms with Gasteiger partial charge in [0.1, 0.15) is 0 Å². The third-order valence-corrected chi connectivity index (χ3v) is 5.64. The van der Waals surface area contributed by atoms with Crippen LogP contribution in [0.5, 0.6) is 0 Å². The van der Waals surface area contributed by atoms with Crippen molar-refractivity contribution >= 4 is 11.6 Å². The van der Waals surface area contributed by atoms with E-state index in [9.17, 15) is 0 Å². The summed E-state index contributed by atoms with van der Waals surface area (Å²) in [4.78, 5) is 5.13. The number of nitrogens with zero attached hydrogens (tertiary/aromatic N) is 2. The Labute approximate surface area is 104 Å². The van der Waals surface area contributed by atoms with E-state index in [1.54, 1.807) is 0 Å². The van der Waals surface area contributed by atoms with Gasteiger partial charge >= 0.3 is 0 Å². The monoisotopic (exact) mass is 242 g/mol. The minimum atomic E-state index is 0.440. The van der Waals surface area contributed by atoms with Gasteiger partial charge in [0.05, 0.1) is 0 Å². The topological polar surface area (TPSA) is 6.48 Å². The quantitative estimate of drug-likeness (QED) is 0.600. The van der Waals surface area contributed by atoms with E-state index < -0.39 is 0 Å². The highest BCUT2D eigenvalue weighted by atomic mass is 35.5. The van der Waals surface area contributed by atoms with Gasteiger partial charge in [-0.3, -0.25) is 0 Å². The van der Waals surface area contributed by atoms with Gasteiger partial charge < -0.3 is 9.80 Å². The molecular weight excluding hydrogens is 220 g/mol. The lowest BCUT2D eigenvalue weighted by Crippen LogP contribution is -2.39. The predicted octanol–water partition coefficient (Wildman–Crippen LogP) is 2.03. The molecule has 3 fully saturated rings. The van der Waals surface area contributed by atoms with Crippen LogP contribution in [0, 0.1) is 11.3 Å². The van der Waals surface area contributed by atoms with E-state index in [0.29, 0.717) is 10.8 Å². The normalized spacial score (nSPS) is 50.1. The SMILES string of the molecule is CN1CCC2(C1)CN(C)C1CCC(Cl)CC12. The van der Waals surface area contributed by atoms with E-state index in [4.69, 9.17) is 11.6 Å². The number of hydrogen-bond donors (Lipinski definition) is 0. The summed E-state index contributed by atoms with van der Waals surface area (Å²) in [5, 5.41) is 0.440. The van der Waals surface area contributed by atoms with Crippen LogP contribution >= 0.6 is 11.6 Å². The van der Waals surface area contributed by atoms with E-state index >= 15 is 0 Å². The molecule has 0 radical (unpaired) electrons. The van der Waals surface area contributed by atoms with Crippen molar-refractivity contribution in [1.29, 1.82) is 0 Å². The minimum absolute atomic E-state index is 0.440. The molecule has 0 aromatic heterocycles. The largest absolute Gasteiger partial charge is 0.306 e. The molecular formula is C13H23ClN2. The first-order chi connectivity index (χ1) is 7.61.